The second kappa shape index (κ2) is 4.45. The lowest BCUT2D eigenvalue weighted by atomic mass is 10.1. The molecule has 0 bridgehead atoms. The molecule has 0 aromatic heterocycles. The van der Waals surface area contributed by atoms with Gasteiger partial charge in [0, 0.05) is 5.56 Å². The Bertz CT molecular complexity index is 499. The van der Waals surface area contributed by atoms with E-state index < -0.39 is 5.82 Å². The highest BCUT2D eigenvalue weighted by atomic mass is 35.5. The second-order valence-electron chi connectivity index (χ2n) is 4.28. The summed E-state index contributed by atoms with van der Waals surface area (Å²) in [6.07, 6.45) is 0. The summed E-state index contributed by atoms with van der Waals surface area (Å²) in [5.74, 6) is -0.0322. The molecular weight excluding hydrogens is 243 g/mol. The van der Waals surface area contributed by atoms with E-state index in [1.165, 1.54) is 12.1 Å². The third-order valence-corrected chi connectivity index (χ3v) is 2.89. The van der Waals surface area contributed by atoms with Crippen LogP contribution in [0, 0.1) is 11.7 Å². The van der Waals surface area contributed by atoms with Gasteiger partial charge in [-0.2, -0.15) is 0 Å². The highest BCUT2D eigenvalue weighted by Crippen LogP contribution is 2.19. The van der Waals surface area contributed by atoms with Crippen LogP contribution < -0.4 is 5.32 Å². The molecule has 1 atom stereocenters. The first-order valence-corrected chi connectivity index (χ1v) is 5.71. The summed E-state index contributed by atoms with van der Waals surface area (Å²) >= 11 is 5.68. The quantitative estimate of drug-likeness (QED) is 0.865. The first kappa shape index (κ1) is 12.0. The van der Waals surface area contributed by atoms with E-state index in [0.717, 1.165) is 0 Å². The van der Waals surface area contributed by atoms with Gasteiger partial charge < -0.3 is 5.32 Å². The Hall–Kier alpha value is -1.42. The number of nitrogens with zero attached hydrogens (tertiary/aromatic N) is 1. The molecule has 90 valence electrons. The smallest absolute Gasteiger partial charge is 0.250 e. The molecule has 1 heterocycles. The van der Waals surface area contributed by atoms with E-state index >= 15 is 0 Å². The number of nitrogens with one attached hydrogen (secondary N) is 1. The topological polar surface area (TPSA) is 41.5 Å². The van der Waals surface area contributed by atoms with Gasteiger partial charge in [-0.15, -0.1) is 0 Å². The SMILES string of the molecule is CC(C)C1N=C(c2ccc(F)c(Cl)c2)NC1=O. The summed E-state index contributed by atoms with van der Waals surface area (Å²) in [4.78, 5) is 15.9. The van der Waals surface area contributed by atoms with Gasteiger partial charge in [0.05, 0.1) is 5.02 Å². The number of carbonyl (C=O) groups excluding carboxylic acids is 1. The van der Waals surface area contributed by atoms with E-state index in [0.29, 0.717) is 11.4 Å². The van der Waals surface area contributed by atoms with Gasteiger partial charge >= 0.3 is 0 Å². The van der Waals surface area contributed by atoms with E-state index in [2.05, 4.69) is 10.3 Å². The molecule has 3 nitrogen and oxygen atoms in total. The van der Waals surface area contributed by atoms with Crippen molar-refractivity contribution in [1.82, 2.24) is 5.32 Å². The number of hydrogen-bond acceptors (Lipinski definition) is 2. The fourth-order valence-electron chi connectivity index (χ4n) is 1.66. The van der Waals surface area contributed by atoms with Crippen LogP contribution in [0.4, 0.5) is 4.39 Å². The second-order valence-corrected chi connectivity index (χ2v) is 4.69. The summed E-state index contributed by atoms with van der Waals surface area (Å²) in [6.45, 7) is 3.85. The van der Waals surface area contributed by atoms with Gasteiger partial charge in [0.1, 0.15) is 17.7 Å². The summed E-state index contributed by atoms with van der Waals surface area (Å²) < 4.78 is 13.0. The molecule has 1 aromatic carbocycles. The fraction of sp³-hybridized carbons (Fsp3) is 0.333. The lowest BCUT2D eigenvalue weighted by Crippen LogP contribution is -2.31. The van der Waals surface area contributed by atoms with Crippen LogP contribution in [0.5, 0.6) is 0 Å². The van der Waals surface area contributed by atoms with E-state index in [1.807, 2.05) is 13.8 Å². The van der Waals surface area contributed by atoms with Crippen molar-refractivity contribution in [2.24, 2.45) is 10.9 Å². The molecular formula is C12H12ClFN2O. The molecule has 0 fully saturated rings. The summed E-state index contributed by atoms with van der Waals surface area (Å²) in [6, 6.07) is 3.88. The molecule has 0 aliphatic carbocycles. The molecule has 0 saturated heterocycles. The molecule has 1 aliphatic heterocycles. The van der Waals surface area contributed by atoms with Crippen LogP contribution in [0.25, 0.3) is 0 Å². The lowest BCUT2D eigenvalue weighted by Gasteiger charge is -2.06. The first-order valence-electron chi connectivity index (χ1n) is 5.33. The maximum Gasteiger partial charge on any atom is 0.250 e. The Morgan fingerprint density at radius 3 is 2.71 bits per heavy atom. The average Bonchev–Trinajstić information content (AvgIpc) is 2.64. The number of carbonyl (C=O) groups is 1. The molecule has 5 heteroatoms. The maximum atomic E-state index is 13.0. The van der Waals surface area contributed by atoms with Crippen LogP contribution in [-0.4, -0.2) is 17.8 Å². The number of hydrogen-bond donors (Lipinski definition) is 1. The van der Waals surface area contributed by atoms with Crippen molar-refractivity contribution in [3.8, 4) is 0 Å². The highest BCUT2D eigenvalue weighted by molar-refractivity contribution is 6.31. The Balaban J connectivity index is 2.32. The van der Waals surface area contributed by atoms with Crippen molar-refractivity contribution in [1.29, 1.82) is 0 Å². The van der Waals surface area contributed by atoms with Gasteiger partial charge in [0.25, 0.3) is 5.91 Å². The van der Waals surface area contributed by atoms with E-state index in [9.17, 15) is 9.18 Å². The van der Waals surface area contributed by atoms with Crippen molar-refractivity contribution in [3.63, 3.8) is 0 Å². The number of rotatable bonds is 2. The number of amides is 1. The zero-order valence-corrected chi connectivity index (χ0v) is 10.3. The Labute approximate surface area is 104 Å². The standard InChI is InChI=1S/C12H12ClFN2O/c1-6(2)10-12(17)16-11(15-10)7-3-4-9(14)8(13)5-7/h3-6,10H,1-2H3,(H,15,16,17). The number of benzene rings is 1. The highest BCUT2D eigenvalue weighted by Gasteiger charge is 2.29. The number of halogens is 2. The van der Waals surface area contributed by atoms with E-state index in [4.69, 9.17) is 11.6 Å². The molecule has 1 amide bonds. The van der Waals surface area contributed by atoms with E-state index in [1.54, 1.807) is 6.07 Å². The van der Waals surface area contributed by atoms with Crippen LogP contribution in [0.1, 0.15) is 19.4 Å². The molecule has 1 N–H and O–H groups in total. The molecule has 2 rings (SSSR count). The van der Waals surface area contributed by atoms with Gasteiger partial charge in [-0.05, 0) is 24.1 Å². The molecule has 17 heavy (non-hydrogen) atoms. The summed E-state index contributed by atoms with van der Waals surface area (Å²) in [7, 11) is 0. The van der Waals surface area contributed by atoms with Crippen molar-refractivity contribution in [2.45, 2.75) is 19.9 Å². The maximum absolute atomic E-state index is 13.0. The van der Waals surface area contributed by atoms with Gasteiger partial charge in [0.2, 0.25) is 0 Å². The van der Waals surface area contributed by atoms with Crippen molar-refractivity contribution in [2.75, 3.05) is 0 Å². The zero-order valence-electron chi connectivity index (χ0n) is 9.50. The van der Waals surface area contributed by atoms with Gasteiger partial charge in [0.15, 0.2) is 0 Å². The number of aliphatic imine (C=N–C) groups is 1. The van der Waals surface area contributed by atoms with Gasteiger partial charge in [-0.1, -0.05) is 25.4 Å². The van der Waals surface area contributed by atoms with Gasteiger partial charge in [-0.25, -0.2) is 4.39 Å². The molecule has 1 aliphatic rings. The lowest BCUT2D eigenvalue weighted by molar-refractivity contribution is -0.120. The van der Waals surface area contributed by atoms with Crippen molar-refractivity contribution < 1.29 is 9.18 Å². The molecule has 0 saturated carbocycles. The Kier molecular flexibility index (Phi) is 3.15. The monoisotopic (exact) mass is 254 g/mol. The molecule has 1 unspecified atom stereocenters. The average molecular weight is 255 g/mol. The van der Waals surface area contributed by atoms with Crippen LogP contribution in [0.3, 0.4) is 0 Å². The Morgan fingerprint density at radius 2 is 2.18 bits per heavy atom. The largest absolute Gasteiger partial charge is 0.309 e. The minimum absolute atomic E-state index is 0.0208. The van der Waals surface area contributed by atoms with Crippen molar-refractivity contribution in [3.05, 3.63) is 34.6 Å². The third-order valence-electron chi connectivity index (χ3n) is 2.60. The van der Waals surface area contributed by atoms with Crippen LogP contribution in [0.2, 0.25) is 5.02 Å². The minimum atomic E-state index is -0.485. The first-order chi connectivity index (χ1) is 7.99. The van der Waals surface area contributed by atoms with Gasteiger partial charge in [-0.3, -0.25) is 9.79 Å². The molecule has 0 spiro atoms. The predicted molar refractivity (Wildman–Crippen MR) is 64.7 cm³/mol. The minimum Gasteiger partial charge on any atom is -0.309 e. The van der Waals surface area contributed by atoms with E-state index in [-0.39, 0.29) is 22.9 Å². The summed E-state index contributed by atoms with van der Waals surface area (Å²) in [5, 5.41) is 2.70. The normalized spacial score (nSPS) is 19.5. The zero-order chi connectivity index (χ0) is 12.6. The third kappa shape index (κ3) is 2.31. The Morgan fingerprint density at radius 1 is 1.47 bits per heavy atom. The number of amidine groups is 1. The molecule has 0 radical (unpaired) electrons. The fourth-order valence-corrected chi connectivity index (χ4v) is 1.84. The van der Waals surface area contributed by atoms with Crippen molar-refractivity contribution >= 4 is 23.3 Å². The predicted octanol–water partition coefficient (Wildman–Crippen LogP) is 2.38. The van der Waals surface area contributed by atoms with Crippen LogP contribution >= 0.6 is 11.6 Å². The van der Waals surface area contributed by atoms with Crippen LogP contribution in [0.15, 0.2) is 23.2 Å². The van der Waals surface area contributed by atoms with Crippen LogP contribution in [-0.2, 0) is 4.79 Å². The molecule has 1 aromatic rings. The summed E-state index contributed by atoms with van der Waals surface area (Å²) in [5.41, 5.74) is 0.618.